The third-order valence-corrected chi connectivity index (χ3v) is 3.27. The Balaban J connectivity index is 2.27. The lowest BCUT2D eigenvalue weighted by Crippen LogP contribution is -2.44. The fourth-order valence-corrected chi connectivity index (χ4v) is 2.05. The summed E-state index contributed by atoms with van der Waals surface area (Å²) < 4.78 is 9.24. The Morgan fingerprint density at radius 2 is 2.64 bits per heavy atom. The molecule has 1 fully saturated rings. The highest BCUT2D eigenvalue weighted by molar-refractivity contribution is 7.03. The molecule has 2 rings (SSSR count). The maximum Gasteiger partial charge on any atom is 0.192 e. The molecule has 76 valence electrons. The number of Topliss-reactive ketones (excluding diaryl/α,β-unsaturated/α-hetero) is 1. The predicted molar refractivity (Wildman–Crippen MR) is 53.3 cm³/mol. The van der Waals surface area contributed by atoms with Crippen molar-refractivity contribution in [3.63, 3.8) is 0 Å². The van der Waals surface area contributed by atoms with Gasteiger partial charge in [-0.2, -0.15) is 4.37 Å². The lowest BCUT2D eigenvalue weighted by Gasteiger charge is -2.23. The van der Waals surface area contributed by atoms with E-state index in [9.17, 15) is 4.79 Å². The van der Waals surface area contributed by atoms with Gasteiger partial charge in [0.2, 0.25) is 0 Å². The quantitative estimate of drug-likeness (QED) is 0.732. The molecule has 0 aliphatic carbocycles. The average molecular weight is 212 g/mol. The number of aromatic nitrogens is 1. The molecule has 0 aromatic carbocycles. The largest absolute Gasteiger partial charge is 0.379 e. The van der Waals surface area contributed by atoms with Gasteiger partial charge in [0.15, 0.2) is 5.78 Å². The molecule has 0 radical (unpaired) electrons. The molecule has 1 aromatic rings. The molecule has 1 aromatic heterocycles. The summed E-state index contributed by atoms with van der Waals surface area (Å²) >= 11 is 1.27. The van der Waals surface area contributed by atoms with Gasteiger partial charge in [-0.05, 0) is 24.5 Å². The minimum Gasteiger partial charge on any atom is -0.379 e. The topological polar surface area (TPSA) is 65.2 Å². The standard InChI is InChI=1S/C9H12N2O2S/c1-9(5-13-4-7(9)10)8(12)6-2-3-14-11-6/h2-3,7H,4-5,10H2,1H3. The number of nitrogens with zero attached hydrogens (tertiary/aromatic N) is 1. The number of carbonyl (C=O) groups excluding carboxylic acids is 1. The van der Waals surface area contributed by atoms with Gasteiger partial charge in [0.1, 0.15) is 5.69 Å². The third kappa shape index (κ3) is 1.37. The molecule has 2 atom stereocenters. The van der Waals surface area contributed by atoms with Crippen molar-refractivity contribution < 1.29 is 9.53 Å². The number of hydrogen-bond donors (Lipinski definition) is 1. The Morgan fingerprint density at radius 1 is 1.86 bits per heavy atom. The van der Waals surface area contributed by atoms with E-state index in [-0.39, 0.29) is 11.8 Å². The van der Waals surface area contributed by atoms with Crippen LogP contribution in [0.25, 0.3) is 0 Å². The molecule has 4 nitrogen and oxygen atoms in total. The van der Waals surface area contributed by atoms with Crippen LogP contribution in [0.5, 0.6) is 0 Å². The zero-order chi connectivity index (χ0) is 10.2. The third-order valence-electron chi connectivity index (χ3n) is 2.71. The Labute approximate surface area is 86.2 Å². The van der Waals surface area contributed by atoms with Gasteiger partial charge in [-0.15, -0.1) is 0 Å². The van der Waals surface area contributed by atoms with E-state index in [1.807, 2.05) is 6.92 Å². The van der Waals surface area contributed by atoms with E-state index in [4.69, 9.17) is 10.5 Å². The Bertz CT molecular complexity index is 339. The average Bonchev–Trinajstić information content (AvgIpc) is 2.77. The zero-order valence-electron chi connectivity index (χ0n) is 7.90. The van der Waals surface area contributed by atoms with Crippen LogP contribution >= 0.6 is 11.5 Å². The van der Waals surface area contributed by atoms with Crippen LogP contribution < -0.4 is 5.73 Å². The number of ether oxygens (including phenoxy) is 1. The Morgan fingerprint density at radius 3 is 3.14 bits per heavy atom. The SMILES string of the molecule is CC1(C(=O)c2ccsn2)COCC1N. The maximum absolute atomic E-state index is 12.0. The first kappa shape index (κ1) is 9.76. The number of ketones is 1. The van der Waals surface area contributed by atoms with Crippen molar-refractivity contribution in [3.05, 3.63) is 17.1 Å². The number of carbonyl (C=O) groups is 1. The molecule has 0 amide bonds. The molecule has 5 heteroatoms. The van der Waals surface area contributed by atoms with Gasteiger partial charge in [-0.1, -0.05) is 0 Å². The van der Waals surface area contributed by atoms with E-state index in [2.05, 4.69) is 4.37 Å². The fraction of sp³-hybridized carbons (Fsp3) is 0.556. The summed E-state index contributed by atoms with van der Waals surface area (Å²) in [6.45, 7) is 2.68. The van der Waals surface area contributed by atoms with Crippen LogP contribution in [-0.4, -0.2) is 29.4 Å². The number of rotatable bonds is 2. The molecule has 0 spiro atoms. The summed E-state index contributed by atoms with van der Waals surface area (Å²) in [6, 6.07) is 1.50. The first-order valence-corrected chi connectivity index (χ1v) is 5.27. The molecule has 1 aliphatic rings. The van der Waals surface area contributed by atoms with Crippen LogP contribution in [0, 0.1) is 5.41 Å². The van der Waals surface area contributed by atoms with Crippen molar-refractivity contribution in [1.29, 1.82) is 0 Å². The molecule has 2 heterocycles. The second-order valence-corrected chi connectivity index (χ2v) is 4.42. The predicted octanol–water partition coefficient (Wildman–Crippen LogP) is 0.690. The number of hydrogen-bond acceptors (Lipinski definition) is 5. The smallest absolute Gasteiger partial charge is 0.192 e. The minimum absolute atomic E-state index is 0.0104. The molecule has 14 heavy (non-hydrogen) atoms. The van der Waals surface area contributed by atoms with Crippen molar-refractivity contribution in [1.82, 2.24) is 4.37 Å². The second-order valence-electron chi connectivity index (χ2n) is 3.75. The molecule has 2 N–H and O–H groups in total. The van der Waals surface area contributed by atoms with E-state index < -0.39 is 5.41 Å². The second kappa shape index (κ2) is 3.42. The van der Waals surface area contributed by atoms with E-state index in [0.29, 0.717) is 18.9 Å². The van der Waals surface area contributed by atoms with Crippen molar-refractivity contribution in [2.24, 2.45) is 11.1 Å². The number of nitrogens with two attached hydrogens (primary N) is 1. The first-order valence-electron chi connectivity index (χ1n) is 4.43. The van der Waals surface area contributed by atoms with Gasteiger partial charge in [-0.25, -0.2) is 0 Å². The fourth-order valence-electron chi connectivity index (χ4n) is 1.55. The van der Waals surface area contributed by atoms with Crippen molar-refractivity contribution in [3.8, 4) is 0 Å². The highest BCUT2D eigenvalue weighted by atomic mass is 32.1. The normalized spacial score (nSPS) is 32.0. The van der Waals surface area contributed by atoms with Gasteiger partial charge in [0.25, 0.3) is 0 Å². The molecule has 0 bridgehead atoms. The highest BCUT2D eigenvalue weighted by Gasteiger charge is 2.45. The van der Waals surface area contributed by atoms with Crippen LogP contribution in [0.4, 0.5) is 0 Å². The van der Waals surface area contributed by atoms with E-state index in [1.54, 1.807) is 11.4 Å². The van der Waals surface area contributed by atoms with Crippen LogP contribution in [0.3, 0.4) is 0 Å². The summed E-state index contributed by atoms with van der Waals surface area (Å²) in [5, 5.41) is 1.79. The molecular weight excluding hydrogens is 200 g/mol. The lowest BCUT2D eigenvalue weighted by atomic mass is 9.80. The summed E-state index contributed by atoms with van der Waals surface area (Å²) in [5.74, 6) is -0.0104. The van der Waals surface area contributed by atoms with Crippen molar-refractivity contribution in [2.75, 3.05) is 13.2 Å². The van der Waals surface area contributed by atoms with Gasteiger partial charge in [0, 0.05) is 11.4 Å². The monoisotopic (exact) mass is 212 g/mol. The molecule has 2 unspecified atom stereocenters. The Kier molecular flexibility index (Phi) is 2.38. The summed E-state index contributed by atoms with van der Waals surface area (Å²) in [5.41, 5.74) is 5.75. The van der Waals surface area contributed by atoms with Crippen molar-refractivity contribution >= 4 is 17.3 Å². The summed E-state index contributed by atoms with van der Waals surface area (Å²) in [7, 11) is 0. The van der Waals surface area contributed by atoms with E-state index >= 15 is 0 Å². The zero-order valence-corrected chi connectivity index (χ0v) is 8.71. The molecular formula is C9H12N2O2S. The summed E-state index contributed by atoms with van der Waals surface area (Å²) in [4.78, 5) is 12.0. The highest BCUT2D eigenvalue weighted by Crippen LogP contribution is 2.30. The molecule has 0 saturated carbocycles. The van der Waals surface area contributed by atoms with Crippen molar-refractivity contribution in [2.45, 2.75) is 13.0 Å². The minimum atomic E-state index is -0.603. The van der Waals surface area contributed by atoms with Crippen LogP contribution in [0.15, 0.2) is 11.4 Å². The summed E-state index contributed by atoms with van der Waals surface area (Å²) in [6.07, 6.45) is 0. The van der Waals surface area contributed by atoms with Crippen LogP contribution in [-0.2, 0) is 4.74 Å². The maximum atomic E-state index is 12.0. The molecule has 1 saturated heterocycles. The van der Waals surface area contributed by atoms with Gasteiger partial charge < -0.3 is 10.5 Å². The molecule has 1 aliphatic heterocycles. The van der Waals surface area contributed by atoms with Gasteiger partial charge in [-0.3, -0.25) is 4.79 Å². The Hall–Kier alpha value is -0.780. The van der Waals surface area contributed by atoms with E-state index in [1.165, 1.54) is 11.5 Å². The van der Waals surface area contributed by atoms with Crippen LogP contribution in [0.2, 0.25) is 0 Å². The van der Waals surface area contributed by atoms with Gasteiger partial charge in [0.05, 0.1) is 18.6 Å². The van der Waals surface area contributed by atoms with E-state index in [0.717, 1.165) is 0 Å². The van der Waals surface area contributed by atoms with Crippen LogP contribution in [0.1, 0.15) is 17.4 Å². The lowest BCUT2D eigenvalue weighted by molar-refractivity contribution is 0.0763. The first-order chi connectivity index (χ1) is 6.64. The van der Waals surface area contributed by atoms with Gasteiger partial charge >= 0.3 is 0 Å².